The van der Waals surface area contributed by atoms with Crippen LogP contribution in [0.2, 0.25) is 0 Å². The highest BCUT2D eigenvalue weighted by Crippen LogP contribution is 2.24. The molecule has 1 aromatic heterocycles. The van der Waals surface area contributed by atoms with Crippen molar-refractivity contribution in [1.82, 2.24) is 9.88 Å². The Morgan fingerprint density at radius 3 is 2.62 bits per heavy atom. The Balaban J connectivity index is 1.31. The fourth-order valence-electron chi connectivity index (χ4n) is 3.66. The molecule has 0 radical (unpaired) electrons. The fourth-order valence-corrected chi connectivity index (χ4v) is 3.66. The van der Waals surface area contributed by atoms with Gasteiger partial charge in [0, 0.05) is 12.1 Å². The minimum Gasteiger partial charge on any atom is -0.444 e. The number of likely N-dealkylation sites (tertiary alicyclic amines) is 1. The van der Waals surface area contributed by atoms with Crippen LogP contribution >= 0.6 is 0 Å². The molecule has 1 aliphatic heterocycles. The number of hydrogen-bond donors (Lipinski definition) is 0. The molecule has 3 aromatic rings. The lowest BCUT2D eigenvalue weighted by atomic mass is 9.90. The van der Waals surface area contributed by atoms with E-state index in [4.69, 9.17) is 4.42 Å². The van der Waals surface area contributed by atoms with E-state index in [1.807, 2.05) is 6.07 Å². The van der Waals surface area contributed by atoms with E-state index in [2.05, 4.69) is 40.2 Å². The molecule has 0 atom stereocenters. The van der Waals surface area contributed by atoms with Gasteiger partial charge in [0.15, 0.2) is 0 Å². The monoisotopic (exact) mass is 350 g/mol. The van der Waals surface area contributed by atoms with Crippen molar-refractivity contribution in [2.24, 2.45) is 5.92 Å². The van der Waals surface area contributed by atoms with Crippen LogP contribution in [-0.4, -0.2) is 23.0 Å². The summed E-state index contributed by atoms with van der Waals surface area (Å²) in [6.45, 7) is 2.95. The highest BCUT2D eigenvalue weighted by atomic mass is 19.1. The van der Waals surface area contributed by atoms with E-state index in [1.54, 1.807) is 12.3 Å². The molecule has 0 unspecified atom stereocenters. The van der Waals surface area contributed by atoms with Gasteiger partial charge in [0.1, 0.15) is 12.1 Å². The summed E-state index contributed by atoms with van der Waals surface area (Å²) in [4.78, 5) is 6.95. The van der Waals surface area contributed by atoms with E-state index < -0.39 is 0 Å². The van der Waals surface area contributed by atoms with Crippen molar-refractivity contribution in [3.63, 3.8) is 0 Å². The average molecular weight is 350 g/mol. The molecule has 0 N–H and O–H groups in total. The highest BCUT2D eigenvalue weighted by molar-refractivity contribution is 5.52. The maximum atomic E-state index is 13.3. The van der Waals surface area contributed by atoms with Gasteiger partial charge in [0.05, 0.1) is 5.69 Å². The molecule has 2 heterocycles. The van der Waals surface area contributed by atoms with E-state index in [0.29, 0.717) is 11.5 Å². The molecule has 4 rings (SSSR count). The zero-order valence-corrected chi connectivity index (χ0v) is 14.8. The minimum atomic E-state index is -0.275. The summed E-state index contributed by atoms with van der Waals surface area (Å²) in [7, 11) is 0. The molecule has 0 bridgehead atoms. The summed E-state index contributed by atoms with van der Waals surface area (Å²) in [5.74, 6) is 0.968. The summed E-state index contributed by atoms with van der Waals surface area (Å²) >= 11 is 0. The van der Waals surface area contributed by atoms with Crippen molar-refractivity contribution >= 4 is 0 Å². The third-order valence-corrected chi connectivity index (χ3v) is 5.08. The Labute approximate surface area is 153 Å². The number of piperidine rings is 1. The smallest absolute Gasteiger partial charge is 0.226 e. The van der Waals surface area contributed by atoms with Gasteiger partial charge in [-0.2, -0.15) is 0 Å². The molecule has 26 heavy (non-hydrogen) atoms. The van der Waals surface area contributed by atoms with Gasteiger partial charge in [-0.1, -0.05) is 36.4 Å². The van der Waals surface area contributed by atoms with E-state index >= 15 is 0 Å². The number of nitrogens with zero attached hydrogens (tertiary/aromatic N) is 2. The topological polar surface area (TPSA) is 29.3 Å². The highest BCUT2D eigenvalue weighted by Gasteiger charge is 2.20. The molecule has 3 nitrogen and oxygen atoms in total. The Hall–Kier alpha value is -2.46. The zero-order valence-electron chi connectivity index (χ0n) is 14.8. The number of rotatable bonds is 5. The summed E-state index contributed by atoms with van der Waals surface area (Å²) in [6, 6.07) is 17.1. The number of hydrogen-bond acceptors (Lipinski definition) is 3. The molecule has 1 fully saturated rings. The number of aromatic nitrogens is 1. The first-order valence-corrected chi connectivity index (χ1v) is 9.23. The summed E-state index contributed by atoms with van der Waals surface area (Å²) in [5.41, 5.74) is 3.02. The lowest BCUT2D eigenvalue weighted by molar-refractivity contribution is 0.175. The van der Waals surface area contributed by atoms with Gasteiger partial charge in [0.25, 0.3) is 0 Å². The summed E-state index contributed by atoms with van der Waals surface area (Å²) in [6.07, 6.45) is 5.28. The maximum absolute atomic E-state index is 13.3. The number of oxazole rings is 1. The van der Waals surface area contributed by atoms with Gasteiger partial charge < -0.3 is 4.42 Å². The predicted octanol–water partition coefficient (Wildman–Crippen LogP) is 4.94. The van der Waals surface area contributed by atoms with E-state index in [-0.39, 0.29) is 5.82 Å². The second-order valence-corrected chi connectivity index (χ2v) is 7.06. The van der Waals surface area contributed by atoms with Crippen molar-refractivity contribution < 1.29 is 8.81 Å². The second kappa shape index (κ2) is 7.83. The summed E-state index contributed by atoms with van der Waals surface area (Å²) in [5, 5.41) is 0. The van der Waals surface area contributed by atoms with Crippen LogP contribution < -0.4 is 0 Å². The number of halogens is 1. The van der Waals surface area contributed by atoms with E-state index in [1.165, 1.54) is 37.0 Å². The van der Waals surface area contributed by atoms with Gasteiger partial charge in [-0.25, -0.2) is 9.37 Å². The standard InChI is InChI=1S/C22H23FN2O/c23-20-8-4-7-19(14-20)22-24-21(16-26-22)15-25-11-9-18(10-12-25)13-17-5-2-1-3-6-17/h1-8,14,16,18H,9-13,15H2. The Kier molecular flexibility index (Phi) is 5.12. The van der Waals surface area contributed by atoms with Crippen molar-refractivity contribution in [1.29, 1.82) is 0 Å². The maximum Gasteiger partial charge on any atom is 0.226 e. The molecule has 0 aliphatic carbocycles. The normalized spacial score (nSPS) is 16.0. The van der Waals surface area contributed by atoms with Gasteiger partial charge in [-0.05, 0) is 62.0 Å². The average Bonchev–Trinajstić information content (AvgIpc) is 3.13. The first-order chi connectivity index (χ1) is 12.8. The van der Waals surface area contributed by atoms with E-state index in [0.717, 1.165) is 31.2 Å². The molecule has 134 valence electrons. The largest absolute Gasteiger partial charge is 0.444 e. The Bertz CT molecular complexity index is 838. The molecular formula is C22H23FN2O. The molecule has 1 aliphatic rings. The zero-order chi connectivity index (χ0) is 17.8. The lowest BCUT2D eigenvalue weighted by Gasteiger charge is -2.31. The van der Waals surface area contributed by atoms with Crippen molar-refractivity contribution in [3.05, 3.63) is 77.9 Å². The first kappa shape index (κ1) is 17.0. The SMILES string of the molecule is Fc1cccc(-c2nc(CN3CCC(Cc4ccccc4)CC3)co2)c1. The van der Waals surface area contributed by atoms with Crippen LogP contribution in [0.1, 0.15) is 24.1 Å². The van der Waals surface area contributed by atoms with Crippen LogP contribution in [0.5, 0.6) is 0 Å². The van der Waals surface area contributed by atoms with Crippen molar-refractivity contribution in [3.8, 4) is 11.5 Å². The van der Waals surface area contributed by atoms with Crippen LogP contribution in [-0.2, 0) is 13.0 Å². The van der Waals surface area contributed by atoms with Crippen molar-refractivity contribution in [2.45, 2.75) is 25.8 Å². The quantitative estimate of drug-likeness (QED) is 0.653. The van der Waals surface area contributed by atoms with Crippen LogP contribution in [0, 0.1) is 11.7 Å². The molecule has 4 heteroatoms. The molecule has 1 saturated heterocycles. The van der Waals surface area contributed by atoms with Gasteiger partial charge in [0.2, 0.25) is 5.89 Å². The predicted molar refractivity (Wildman–Crippen MR) is 100 cm³/mol. The molecule has 0 spiro atoms. The van der Waals surface area contributed by atoms with Gasteiger partial charge in [-0.3, -0.25) is 4.90 Å². The van der Waals surface area contributed by atoms with Crippen LogP contribution in [0.25, 0.3) is 11.5 Å². The van der Waals surface area contributed by atoms with Crippen LogP contribution in [0.3, 0.4) is 0 Å². The molecule has 2 aromatic carbocycles. The summed E-state index contributed by atoms with van der Waals surface area (Å²) < 4.78 is 18.9. The van der Waals surface area contributed by atoms with E-state index in [9.17, 15) is 4.39 Å². The van der Waals surface area contributed by atoms with Gasteiger partial charge >= 0.3 is 0 Å². The third-order valence-electron chi connectivity index (χ3n) is 5.08. The fraction of sp³-hybridized carbons (Fsp3) is 0.318. The molecular weight excluding hydrogens is 327 g/mol. The molecule has 0 saturated carbocycles. The third kappa shape index (κ3) is 4.20. The minimum absolute atomic E-state index is 0.275. The first-order valence-electron chi connectivity index (χ1n) is 9.23. The van der Waals surface area contributed by atoms with Crippen molar-refractivity contribution in [2.75, 3.05) is 13.1 Å². The molecule has 0 amide bonds. The van der Waals surface area contributed by atoms with Gasteiger partial charge in [-0.15, -0.1) is 0 Å². The van der Waals surface area contributed by atoms with Crippen LogP contribution in [0.15, 0.2) is 65.3 Å². The Morgan fingerprint density at radius 1 is 1.04 bits per heavy atom. The lowest BCUT2D eigenvalue weighted by Crippen LogP contribution is -2.33. The second-order valence-electron chi connectivity index (χ2n) is 7.06. The number of benzene rings is 2. The Morgan fingerprint density at radius 2 is 1.85 bits per heavy atom. The van der Waals surface area contributed by atoms with Crippen LogP contribution in [0.4, 0.5) is 4.39 Å².